The highest BCUT2D eigenvalue weighted by molar-refractivity contribution is 4.79. The first kappa shape index (κ1) is 12.9. The van der Waals surface area contributed by atoms with Crippen LogP contribution in [0.4, 0.5) is 0 Å². The highest BCUT2D eigenvalue weighted by atomic mass is 16.5. The lowest BCUT2D eigenvalue weighted by Crippen LogP contribution is -2.39. The number of ether oxygens (including phenoxy) is 1. The molecule has 90 valence electrons. The van der Waals surface area contributed by atoms with Crippen molar-refractivity contribution in [3.05, 3.63) is 0 Å². The van der Waals surface area contributed by atoms with E-state index in [2.05, 4.69) is 19.2 Å². The third-order valence-corrected chi connectivity index (χ3v) is 3.25. The van der Waals surface area contributed by atoms with Crippen LogP contribution in [0.15, 0.2) is 0 Å². The normalized spacial score (nSPS) is 22.6. The maximum atomic E-state index is 9.58. The molecule has 1 aliphatic rings. The molecule has 1 fully saturated rings. The molecule has 1 atom stereocenters. The molecule has 0 bridgehead atoms. The zero-order chi connectivity index (χ0) is 11.1. The maximum absolute atomic E-state index is 9.58. The largest absolute Gasteiger partial charge is 0.392 e. The predicted octanol–water partition coefficient (Wildman–Crippen LogP) is 1.55. The fourth-order valence-corrected chi connectivity index (χ4v) is 2.02. The molecule has 0 aliphatic carbocycles. The van der Waals surface area contributed by atoms with Gasteiger partial charge in [-0.3, -0.25) is 0 Å². The number of aliphatic hydroxyl groups is 1. The van der Waals surface area contributed by atoms with E-state index in [1.807, 2.05) is 0 Å². The van der Waals surface area contributed by atoms with E-state index in [0.29, 0.717) is 5.41 Å². The number of nitrogens with one attached hydrogen (secondary N) is 1. The molecule has 1 rings (SSSR count). The Labute approximate surface area is 93.2 Å². The van der Waals surface area contributed by atoms with Crippen molar-refractivity contribution in [1.29, 1.82) is 0 Å². The van der Waals surface area contributed by atoms with Crippen LogP contribution >= 0.6 is 0 Å². The van der Waals surface area contributed by atoms with Crippen molar-refractivity contribution in [2.75, 3.05) is 26.3 Å². The van der Waals surface area contributed by atoms with Crippen LogP contribution in [0.5, 0.6) is 0 Å². The van der Waals surface area contributed by atoms with Gasteiger partial charge in [0.15, 0.2) is 0 Å². The molecule has 0 radical (unpaired) electrons. The Kier molecular flexibility index (Phi) is 5.58. The second-order valence-corrected chi connectivity index (χ2v) is 5.00. The van der Waals surface area contributed by atoms with E-state index in [0.717, 1.165) is 52.0 Å². The minimum absolute atomic E-state index is 0.182. The van der Waals surface area contributed by atoms with Crippen LogP contribution in [0.1, 0.15) is 39.5 Å². The van der Waals surface area contributed by atoms with E-state index in [4.69, 9.17) is 4.74 Å². The zero-order valence-corrected chi connectivity index (χ0v) is 10.1. The van der Waals surface area contributed by atoms with Gasteiger partial charge in [0.05, 0.1) is 6.10 Å². The Morgan fingerprint density at radius 2 is 2.07 bits per heavy atom. The van der Waals surface area contributed by atoms with Gasteiger partial charge in [-0.1, -0.05) is 20.3 Å². The Bertz CT molecular complexity index is 167. The van der Waals surface area contributed by atoms with Crippen molar-refractivity contribution in [3.8, 4) is 0 Å². The summed E-state index contributed by atoms with van der Waals surface area (Å²) in [7, 11) is 0. The molecule has 0 aromatic rings. The van der Waals surface area contributed by atoms with Crippen LogP contribution < -0.4 is 5.32 Å². The summed E-state index contributed by atoms with van der Waals surface area (Å²) in [5.41, 5.74) is 0.365. The summed E-state index contributed by atoms with van der Waals surface area (Å²) in [5.74, 6) is 0. The molecule has 1 heterocycles. The Morgan fingerprint density at radius 1 is 1.40 bits per heavy atom. The molecule has 0 amide bonds. The SMILES string of the molecule is CCCC(O)CNCC1(C)CCOCC1. The van der Waals surface area contributed by atoms with Crippen molar-refractivity contribution in [3.63, 3.8) is 0 Å². The number of hydrogen-bond acceptors (Lipinski definition) is 3. The molecule has 1 saturated heterocycles. The molecule has 3 heteroatoms. The standard InChI is InChI=1S/C12H25NO2/c1-3-4-11(14)9-13-10-12(2)5-7-15-8-6-12/h11,13-14H,3-10H2,1-2H3. The lowest BCUT2D eigenvalue weighted by molar-refractivity contribution is 0.0226. The summed E-state index contributed by atoms with van der Waals surface area (Å²) in [6, 6.07) is 0. The summed E-state index contributed by atoms with van der Waals surface area (Å²) >= 11 is 0. The lowest BCUT2D eigenvalue weighted by atomic mass is 9.82. The topological polar surface area (TPSA) is 41.5 Å². The fourth-order valence-electron chi connectivity index (χ4n) is 2.02. The predicted molar refractivity (Wildman–Crippen MR) is 61.9 cm³/mol. The first-order chi connectivity index (χ1) is 7.16. The average Bonchev–Trinajstić information content (AvgIpc) is 2.19. The van der Waals surface area contributed by atoms with Crippen LogP contribution in [0.2, 0.25) is 0 Å². The molecule has 0 saturated carbocycles. The third-order valence-electron chi connectivity index (χ3n) is 3.25. The second-order valence-electron chi connectivity index (χ2n) is 5.00. The van der Waals surface area contributed by atoms with Gasteiger partial charge in [0.1, 0.15) is 0 Å². The summed E-state index contributed by atoms with van der Waals surface area (Å²) in [6.45, 7) is 7.89. The average molecular weight is 215 g/mol. The van der Waals surface area contributed by atoms with Gasteiger partial charge in [-0.15, -0.1) is 0 Å². The second kappa shape index (κ2) is 6.46. The van der Waals surface area contributed by atoms with E-state index in [1.165, 1.54) is 0 Å². The van der Waals surface area contributed by atoms with Gasteiger partial charge in [0.25, 0.3) is 0 Å². The molecule has 15 heavy (non-hydrogen) atoms. The lowest BCUT2D eigenvalue weighted by Gasteiger charge is -2.34. The van der Waals surface area contributed by atoms with Crippen molar-refractivity contribution < 1.29 is 9.84 Å². The molecule has 1 aliphatic heterocycles. The van der Waals surface area contributed by atoms with E-state index in [1.54, 1.807) is 0 Å². The molecule has 2 N–H and O–H groups in total. The van der Waals surface area contributed by atoms with Gasteiger partial charge in [-0.05, 0) is 24.7 Å². The van der Waals surface area contributed by atoms with Crippen molar-refractivity contribution in [2.45, 2.75) is 45.6 Å². The van der Waals surface area contributed by atoms with E-state index < -0.39 is 0 Å². The summed E-state index contributed by atoms with van der Waals surface area (Å²) < 4.78 is 5.35. The van der Waals surface area contributed by atoms with E-state index >= 15 is 0 Å². The quantitative estimate of drug-likeness (QED) is 0.706. The molecular weight excluding hydrogens is 190 g/mol. The van der Waals surface area contributed by atoms with Gasteiger partial charge in [-0.2, -0.15) is 0 Å². The molecule has 0 aromatic carbocycles. The minimum atomic E-state index is -0.182. The van der Waals surface area contributed by atoms with E-state index in [9.17, 15) is 5.11 Å². The minimum Gasteiger partial charge on any atom is -0.392 e. The summed E-state index contributed by atoms with van der Waals surface area (Å²) in [4.78, 5) is 0. The van der Waals surface area contributed by atoms with E-state index in [-0.39, 0.29) is 6.10 Å². The van der Waals surface area contributed by atoms with Crippen LogP contribution in [-0.4, -0.2) is 37.5 Å². The smallest absolute Gasteiger partial charge is 0.0664 e. The monoisotopic (exact) mass is 215 g/mol. The Hall–Kier alpha value is -0.120. The fraction of sp³-hybridized carbons (Fsp3) is 1.00. The van der Waals surface area contributed by atoms with Gasteiger partial charge < -0.3 is 15.2 Å². The van der Waals surface area contributed by atoms with Gasteiger partial charge in [0.2, 0.25) is 0 Å². The molecule has 1 unspecified atom stereocenters. The molecule has 3 nitrogen and oxygen atoms in total. The Balaban J connectivity index is 2.12. The van der Waals surface area contributed by atoms with Crippen molar-refractivity contribution in [2.24, 2.45) is 5.41 Å². The molecule has 0 spiro atoms. The maximum Gasteiger partial charge on any atom is 0.0664 e. The third kappa shape index (κ3) is 4.96. The molecule has 0 aromatic heterocycles. The van der Waals surface area contributed by atoms with Crippen LogP contribution in [0, 0.1) is 5.41 Å². The van der Waals surface area contributed by atoms with Crippen LogP contribution in [0.25, 0.3) is 0 Å². The Morgan fingerprint density at radius 3 is 2.67 bits per heavy atom. The first-order valence-electron chi connectivity index (χ1n) is 6.13. The van der Waals surface area contributed by atoms with Gasteiger partial charge >= 0.3 is 0 Å². The summed E-state index contributed by atoms with van der Waals surface area (Å²) in [5, 5.41) is 13.0. The first-order valence-corrected chi connectivity index (χ1v) is 6.13. The zero-order valence-electron chi connectivity index (χ0n) is 10.1. The van der Waals surface area contributed by atoms with Gasteiger partial charge in [-0.25, -0.2) is 0 Å². The summed E-state index contributed by atoms with van der Waals surface area (Å²) in [6.07, 6.45) is 4.02. The van der Waals surface area contributed by atoms with Crippen LogP contribution in [-0.2, 0) is 4.74 Å². The highest BCUT2D eigenvalue weighted by Gasteiger charge is 2.26. The number of aliphatic hydroxyl groups excluding tert-OH is 1. The van der Waals surface area contributed by atoms with Crippen LogP contribution in [0.3, 0.4) is 0 Å². The number of rotatable bonds is 6. The van der Waals surface area contributed by atoms with Crippen molar-refractivity contribution >= 4 is 0 Å². The number of hydrogen-bond donors (Lipinski definition) is 2. The van der Waals surface area contributed by atoms with Crippen molar-refractivity contribution in [1.82, 2.24) is 5.32 Å². The molecular formula is C12H25NO2. The van der Waals surface area contributed by atoms with Gasteiger partial charge in [0, 0.05) is 26.3 Å². The highest BCUT2D eigenvalue weighted by Crippen LogP contribution is 2.28.